The van der Waals surface area contributed by atoms with E-state index in [1.807, 2.05) is 43.3 Å². The van der Waals surface area contributed by atoms with Crippen molar-refractivity contribution in [1.29, 1.82) is 0 Å². The largest absolute Gasteiger partial charge is 0.490 e. The molecular formula is C26H26N2O5. The zero-order valence-electron chi connectivity index (χ0n) is 18.4. The Labute approximate surface area is 192 Å². The number of ether oxygens (including phenoxy) is 2. The Morgan fingerprint density at radius 2 is 1.67 bits per heavy atom. The number of hydrogen-bond donors (Lipinski definition) is 1. The minimum absolute atomic E-state index is 0.0286. The number of benzene rings is 2. The van der Waals surface area contributed by atoms with E-state index in [-0.39, 0.29) is 17.8 Å². The number of piperidine rings is 1. The van der Waals surface area contributed by atoms with Crippen LogP contribution in [0.3, 0.4) is 0 Å². The van der Waals surface area contributed by atoms with E-state index in [1.165, 1.54) is 12.1 Å². The SMILES string of the molecule is Cc1cccnc1Cc1ccc(OC(=O)N2CCC(Oc3ccc(C(=O)O)cc3)CC2)cc1. The molecule has 2 aromatic carbocycles. The van der Waals surface area contributed by atoms with Gasteiger partial charge in [-0.3, -0.25) is 4.98 Å². The van der Waals surface area contributed by atoms with Crippen LogP contribution in [0.1, 0.15) is 40.0 Å². The van der Waals surface area contributed by atoms with E-state index in [1.54, 1.807) is 23.2 Å². The highest BCUT2D eigenvalue weighted by Crippen LogP contribution is 2.21. The average Bonchev–Trinajstić information content (AvgIpc) is 2.82. The monoisotopic (exact) mass is 446 g/mol. The lowest BCUT2D eigenvalue weighted by Gasteiger charge is -2.31. The van der Waals surface area contributed by atoms with Crippen LogP contribution >= 0.6 is 0 Å². The summed E-state index contributed by atoms with van der Waals surface area (Å²) in [7, 11) is 0. The zero-order chi connectivity index (χ0) is 23.2. The van der Waals surface area contributed by atoms with Crippen molar-refractivity contribution in [3.05, 3.63) is 89.2 Å². The number of aromatic nitrogens is 1. The number of likely N-dealkylation sites (tertiary alicyclic amines) is 1. The summed E-state index contributed by atoms with van der Waals surface area (Å²) in [6.45, 7) is 3.11. The van der Waals surface area contributed by atoms with Gasteiger partial charge in [0.1, 0.15) is 17.6 Å². The van der Waals surface area contributed by atoms with Gasteiger partial charge in [0.25, 0.3) is 0 Å². The highest BCUT2D eigenvalue weighted by molar-refractivity contribution is 5.87. The lowest BCUT2D eigenvalue weighted by atomic mass is 10.1. The fourth-order valence-electron chi connectivity index (χ4n) is 3.76. The van der Waals surface area contributed by atoms with Gasteiger partial charge in [0.05, 0.1) is 5.56 Å². The van der Waals surface area contributed by atoms with E-state index in [9.17, 15) is 9.59 Å². The summed E-state index contributed by atoms with van der Waals surface area (Å²) in [5, 5.41) is 8.97. The fraction of sp³-hybridized carbons (Fsp3) is 0.269. The van der Waals surface area contributed by atoms with Crippen LogP contribution in [0.4, 0.5) is 4.79 Å². The fourth-order valence-corrected chi connectivity index (χ4v) is 3.76. The van der Waals surface area contributed by atoms with Crippen LogP contribution in [0, 0.1) is 6.92 Å². The number of carbonyl (C=O) groups is 2. The zero-order valence-corrected chi connectivity index (χ0v) is 18.4. The summed E-state index contributed by atoms with van der Waals surface area (Å²) in [6.07, 6.45) is 3.48. The van der Waals surface area contributed by atoms with Crippen molar-refractivity contribution in [2.75, 3.05) is 13.1 Å². The van der Waals surface area contributed by atoms with Crippen molar-refractivity contribution in [3.8, 4) is 11.5 Å². The van der Waals surface area contributed by atoms with E-state index < -0.39 is 5.97 Å². The van der Waals surface area contributed by atoms with Crippen LogP contribution in [0.25, 0.3) is 0 Å². The average molecular weight is 447 g/mol. The lowest BCUT2D eigenvalue weighted by Crippen LogP contribution is -2.43. The first kappa shape index (κ1) is 22.3. The molecule has 170 valence electrons. The Balaban J connectivity index is 1.25. The van der Waals surface area contributed by atoms with Gasteiger partial charge in [0.2, 0.25) is 0 Å². The molecule has 1 aliphatic heterocycles. The number of carboxylic acid groups (broad SMARTS) is 1. The Kier molecular flexibility index (Phi) is 6.88. The minimum Gasteiger partial charge on any atom is -0.490 e. The van der Waals surface area contributed by atoms with Gasteiger partial charge in [0, 0.05) is 44.2 Å². The van der Waals surface area contributed by atoms with Gasteiger partial charge < -0.3 is 19.5 Å². The number of pyridine rings is 1. The van der Waals surface area contributed by atoms with Crippen LogP contribution in [0.5, 0.6) is 11.5 Å². The molecule has 33 heavy (non-hydrogen) atoms. The van der Waals surface area contributed by atoms with E-state index in [2.05, 4.69) is 4.98 Å². The molecule has 7 heteroatoms. The van der Waals surface area contributed by atoms with Gasteiger partial charge in [-0.1, -0.05) is 18.2 Å². The van der Waals surface area contributed by atoms with Crippen LogP contribution in [-0.2, 0) is 6.42 Å². The van der Waals surface area contributed by atoms with Gasteiger partial charge in [-0.05, 0) is 60.5 Å². The smallest absolute Gasteiger partial charge is 0.415 e. The molecule has 0 unspecified atom stereocenters. The van der Waals surface area contributed by atoms with E-state index in [0.717, 1.165) is 23.2 Å². The van der Waals surface area contributed by atoms with E-state index in [0.29, 0.717) is 37.4 Å². The maximum absolute atomic E-state index is 12.6. The normalized spacial score (nSPS) is 14.0. The topological polar surface area (TPSA) is 89.0 Å². The number of carbonyl (C=O) groups excluding carboxylic acids is 1. The highest BCUT2D eigenvalue weighted by Gasteiger charge is 2.25. The molecule has 0 spiro atoms. The molecule has 1 saturated heterocycles. The molecule has 0 atom stereocenters. The van der Waals surface area contributed by atoms with Crippen molar-refractivity contribution < 1.29 is 24.2 Å². The summed E-state index contributed by atoms with van der Waals surface area (Å²) in [4.78, 5) is 29.6. The van der Waals surface area contributed by atoms with Crippen molar-refractivity contribution in [2.45, 2.75) is 32.3 Å². The van der Waals surface area contributed by atoms with Crippen LogP contribution < -0.4 is 9.47 Å². The van der Waals surface area contributed by atoms with Gasteiger partial charge in [-0.25, -0.2) is 9.59 Å². The second kappa shape index (κ2) is 10.2. The molecule has 1 aliphatic rings. The molecule has 1 aromatic heterocycles. The molecule has 0 radical (unpaired) electrons. The summed E-state index contributed by atoms with van der Waals surface area (Å²) in [6, 6.07) is 17.8. The van der Waals surface area contributed by atoms with Crippen LogP contribution in [0.15, 0.2) is 66.9 Å². The third-order valence-electron chi connectivity index (χ3n) is 5.72. The standard InChI is InChI=1S/C26H26N2O5/c1-18-3-2-14-27-24(18)17-19-4-8-22(9-5-19)33-26(31)28-15-12-23(13-16-28)32-21-10-6-20(7-11-21)25(29)30/h2-11,14,23H,12-13,15-17H2,1H3,(H,29,30). The molecule has 0 bridgehead atoms. The number of amides is 1. The van der Waals surface area contributed by atoms with Crippen LogP contribution in [0.2, 0.25) is 0 Å². The maximum atomic E-state index is 12.6. The Bertz CT molecular complexity index is 1100. The van der Waals surface area contributed by atoms with E-state index >= 15 is 0 Å². The number of aryl methyl sites for hydroxylation is 1. The molecule has 1 amide bonds. The summed E-state index contributed by atoms with van der Waals surface area (Å²) < 4.78 is 11.5. The van der Waals surface area contributed by atoms with Crippen molar-refractivity contribution >= 4 is 12.1 Å². The first-order valence-corrected chi connectivity index (χ1v) is 10.9. The Morgan fingerprint density at radius 1 is 1.00 bits per heavy atom. The molecule has 2 heterocycles. The van der Waals surface area contributed by atoms with Crippen LogP contribution in [-0.4, -0.2) is 46.2 Å². The third kappa shape index (κ3) is 5.88. The molecule has 1 N–H and O–H groups in total. The summed E-state index contributed by atoms with van der Waals surface area (Å²) >= 11 is 0. The first-order chi connectivity index (χ1) is 16.0. The maximum Gasteiger partial charge on any atom is 0.415 e. The van der Waals surface area contributed by atoms with Gasteiger partial charge in [-0.15, -0.1) is 0 Å². The molecule has 0 aliphatic carbocycles. The second-order valence-electron chi connectivity index (χ2n) is 8.09. The highest BCUT2D eigenvalue weighted by atomic mass is 16.6. The molecular weight excluding hydrogens is 420 g/mol. The number of hydrogen-bond acceptors (Lipinski definition) is 5. The van der Waals surface area contributed by atoms with Gasteiger partial charge >= 0.3 is 12.1 Å². The molecule has 0 saturated carbocycles. The number of rotatable bonds is 6. The number of nitrogens with zero attached hydrogens (tertiary/aromatic N) is 2. The first-order valence-electron chi connectivity index (χ1n) is 10.9. The van der Waals surface area contributed by atoms with Crippen molar-refractivity contribution in [3.63, 3.8) is 0 Å². The Hall–Kier alpha value is -3.87. The van der Waals surface area contributed by atoms with Gasteiger partial charge in [-0.2, -0.15) is 0 Å². The molecule has 7 nitrogen and oxygen atoms in total. The molecule has 1 fully saturated rings. The predicted molar refractivity (Wildman–Crippen MR) is 123 cm³/mol. The second-order valence-corrected chi connectivity index (χ2v) is 8.09. The lowest BCUT2D eigenvalue weighted by molar-refractivity contribution is 0.0696. The summed E-state index contributed by atoms with van der Waals surface area (Å²) in [5.74, 6) is 0.173. The number of carboxylic acids is 1. The van der Waals surface area contributed by atoms with E-state index in [4.69, 9.17) is 14.6 Å². The van der Waals surface area contributed by atoms with Crippen molar-refractivity contribution in [2.24, 2.45) is 0 Å². The quantitative estimate of drug-likeness (QED) is 0.589. The predicted octanol–water partition coefficient (Wildman–Crippen LogP) is 4.72. The number of aromatic carboxylic acids is 1. The molecule has 3 aromatic rings. The van der Waals surface area contributed by atoms with Crippen molar-refractivity contribution in [1.82, 2.24) is 9.88 Å². The minimum atomic E-state index is -0.966. The van der Waals surface area contributed by atoms with Gasteiger partial charge in [0.15, 0.2) is 0 Å². The Morgan fingerprint density at radius 3 is 2.30 bits per heavy atom. The summed E-state index contributed by atoms with van der Waals surface area (Å²) in [5.41, 5.74) is 3.51. The molecule has 4 rings (SSSR count). The third-order valence-corrected chi connectivity index (χ3v) is 5.72.